The number of methoxy groups -OCH3 is 2. The molecule has 3 N–H and O–H groups in total. The molecule has 52 heavy (non-hydrogen) atoms. The highest BCUT2D eigenvalue weighted by Gasteiger charge is 2.40. The minimum atomic E-state index is -4.60. The molecule has 0 fully saturated rings. The van der Waals surface area contributed by atoms with Gasteiger partial charge in [-0.15, -0.1) is 11.3 Å². The van der Waals surface area contributed by atoms with Gasteiger partial charge in [0.25, 0.3) is 0 Å². The normalized spacial score (nSPS) is 14.4. The van der Waals surface area contributed by atoms with Crippen molar-refractivity contribution in [2.24, 2.45) is 17.6 Å². The number of rotatable bonds is 18. The van der Waals surface area contributed by atoms with Gasteiger partial charge in [0.2, 0.25) is 24.0 Å². The first-order chi connectivity index (χ1) is 24.1. The number of anilines is 1. The fourth-order valence-electron chi connectivity index (χ4n) is 5.02. The predicted molar refractivity (Wildman–Crippen MR) is 206 cm³/mol. The van der Waals surface area contributed by atoms with Crippen molar-refractivity contribution in [1.29, 1.82) is 0 Å². The van der Waals surface area contributed by atoms with Crippen LogP contribution in [0.3, 0.4) is 0 Å². The monoisotopic (exact) mass is 805 g/mol. The van der Waals surface area contributed by atoms with Crippen LogP contribution in [-0.4, -0.2) is 59.1 Å². The molecule has 0 bridgehead atoms. The molecule has 0 aliphatic heterocycles. The summed E-state index contributed by atoms with van der Waals surface area (Å²) in [4.78, 5) is 21.7. The van der Waals surface area contributed by atoms with Crippen LogP contribution in [0.15, 0.2) is 9.90 Å². The summed E-state index contributed by atoms with van der Waals surface area (Å²) in [5.74, 6) is 2.24. The number of esters is 1. The number of nitrogens with two attached hydrogens (primary N) is 1. The molecule has 0 amide bonds. The van der Waals surface area contributed by atoms with Gasteiger partial charge in [-0.05, 0) is 41.9 Å². The van der Waals surface area contributed by atoms with Crippen LogP contribution in [0, 0.1) is 18.8 Å². The molecular formula is C34H54F3N5O6S2Si2. The standard InChI is InChI=1S/C34H54F3N5O6S2Si2/c1-18(2)32(6,7)51(12)47-27-21(25(30(43)45-11)20(5)26(44-10)28(27)48-52(13)33(8,9)19(3)4)15-49-16-22(29-41-24(14-38)42-46-29)39-31-40-23(17-50-31)34(35,36)37/h17-19,22,51-52H,14-16,38H2,1-13H3,(H,39,40). The zero-order valence-electron chi connectivity index (χ0n) is 32.4. The first-order valence-electron chi connectivity index (χ1n) is 17.2. The molecule has 1 aromatic carbocycles. The number of hydrogen-bond acceptors (Lipinski definition) is 13. The molecule has 3 aromatic rings. The van der Waals surface area contributed by atoms with Gasteiger partial charge < -0.3 is 33.9 Å². The second-order valence-electron chi connectivity index (χ2n) is 14.6. The predicted octanol–water partition coefficient (Wildman–Crippen LogP) is 8.53. The van der Waals surface area contributed by atoms with Crippen molar-refractivity contribution < 1.29 is 40.8 Å². The Morgan fingerprint density at radius 2 is 1.58 bits per heavy atom. The third kappa shape index (κ3) is 9.83. The minimum Gasteiger partial charge on any atom is -0.543 e. The Kier molecular flexibility index (Phi) is 14.7. The van der Waals surface area contributed by atoms with Gasteiger partial charge in [0.05, 0.1) is 26.3 Å². The summed E-state index contributed by atoms with van der Waals surface area (Å²) in [5, 5.41) is 7.62. The van der Waals surface area contributed by atoms with Gasteiger partial charge in [-0.1, -0.05) is 60.5 Å². The van der Waals surface area contributed by atoms with Gasteiger partial charge in [-0.3, -0.25) is 0 Å². The van der Waals surface area contributed by atoms with E-state index in [-0.39, 0.29) is 45.0 Å². The van der Waals surface area contributed by atoms with Crippen molar-refractivity contribution in [3.05, 3.63) is 39.5 Å². The second kappa shape index (κ2) is 17.6. The minimum absolute atomic E-state index is 0.0140. The molecule has 0 aliphatic carbocycles. The van der Waals surface area contributed by atoms with Crippen LogP contribution in [0.25, 0.3) is 0 Å². The van der Waals surface area contributed by atoms with Crippen molar-refractivity contribution in [2.75, 3.05) is 25.3 Å². The summed E-state index contributed by atoms with van der Waals surface area (Å²) in [6.07, 6.45) is -4.60. The summed E-state index contributed by atoms with van der Waals surface area (Å²) < 4.78 is 70.9. The molecule has 0 aliphatic rings. The van der Waals surface area contributed by atoms with E-state index in [0.717, 1.165) is 16.7 Å². The van der Waals surface area contributed by atoms with Gasteiger partial charge in [-0.2, -0.15) is 29.9 Å². The van der Waals surface area contributed by atoms with Crippen LogP contribution < -0.4 is 24.6 Å². The van der Waals surface area contributed by atoms with Crippen molar-refractivity contribution in [1.82, 2.24) is 15.1 Å². The molecule has 0 saturated carbocycles. The van der Waals surface area contributed by atoms with Crippen LogP contribution in [0.2, 0.25) is 23.2 Å². The highest BCUT2D eigenvalue weighted by atomic mass is 32.2. The number of alkyl halides is 3. The van der Waals surface area contributed by atoms with Crippen molar-refractivity contribution in [2.45, 2.75) is 110 Å². The van der Waals surface area contributed by atoms with Crippen molar-refractivity contribution in [3.8, 4) is 17.2 Å². The molecular weight excluding hydrogens is 752 g/mol. The van der Waals surface area contributed by atoms with E-state index in [9.17, 15) is 18.0 Å². The third-order valence-corrected chi connectivity index (χ3v) is 19.1. The van der Waals surface area contributed by atoms with Crippen molar-refractivity contribution >= 4 is 52.3 Å². The molecule has 3 unspecified atom stereocenters. The molecule has 2 heterocycles. The summed E-state index contributed by atoms with van der Waals surface area (Å²) in [7, 11) is -1.20. The Morgan fingerprint density at radius 3 is 2.04 bits per heavy atom. The Labute approximate surface area is 316 Å². The largest absolute Gasteiger partial charge is 0.543 e. The maximum Gasteiger partial charge on any atom is 0.434 e. The molecule has 3 atom stereocenters. The number of carbonyl (C=O) groups is 1. The lowest BCUT2D eigenvalue weighted by molar-refractivity contribution is -0.140. The van der Waals surface area contributed by atoms with Gasteiger partial charge in [0.1, 0.15) is 6.04 Å². The fourth-order valence-corrected chi connectivity index (χ4v) is 10.5. The Balaban J connectivity index is 2.19. The van der Waals surface area contributed by atoms with Crippen LogP contribution in [0.5, 0.6) is 17.2 Å². The number of thiazole rings is 1. The van der Waals surface area contributed by atoms with Gasteiger partial charge in [-0.25, -0.2) is 9.78 Å². The van der Waals surface area contributed by atoms with Crippen LogP contribution >= 0.6 is 23.1 Å². The number of ether oxygens (including phenoxy) is 2. The first-order valence-corrected chi connectivity index (χ1v) is 23.6. The van der Waals surface area contributed by atoms with E-state index in [4.69, 9.17) is 28.6 Å². The summed E-state index contributed by atoms with van der Waals surface area (Å²) >= 11 is 2.20. The van der Waals surface area contributed by atoms with E-state index in [1.807, 2.05) is 0 Å². The molecule has 3 rings (SSSR count). The van der Waals surface area contributed by atoms with Crippen LogP contribution in [-0.2, 0) is 23.2 Å². The topological polar surface area (TPSA) is 144 Å². The smallest absolute Gasteiger partial charge is 0.434 e. The number of hydrogen-bond donors (Lipinski definition) is 2. The molecule has 0 spiro atoms. The average Bonchev–Trinajstić information content (AvgIpc) is 3.75. The molecule has 0 saturated heterocycles. The Bertz CT molecular complexity index is 1670. The van der Waals surface area contributed by atoms with Gasteiger partial charge in [0.15, 0.2) is 33.9 Å². The van der Waals surface area contributed by atoms with E-state index in [0.29, 0.717) is 45.8 Å². The zero-order chi connectivity index (χ0) is 39.3. The Morgan fingerprint density at radius 1 is 1.00 bits per heavy atom. The quantitative estimate of drug-likeness (QED) is 0.0940. The highest BCUT2D eigenvalue weighted by molar-refractivity contribution is 7.98. The van der Waals surface area contributed by atoms with E-state index in [2.05, 4.69) is 88.9 Å². The number of nitrogens with zero attached hydrogens (tertiary/aromatic N) is 3. The Hall–Kier alpha value is -2.81. The molecule has 0 radical (unpaired) electrons. The lowest BCUT2D eigenvalue weighted by Crippen LogP contribution is -2.37. The fraction of sp³-hybridized carbons (Fsp3) is 0.647. The third-order valence-electron chi connectivity index (χ3n) is 10.5. The van der Waals surface area contributed by atoms with E-state index in [1.165, 1.54) is 18.9 Å². The average molecular weight is 806 g/mol. The lowest BCUT2D eigenvalue weighted by atomic mass is 9.99. The number of halogens is 3. The number of nitrogens with one attached hydrogen (secondary N) is 1. The first kappa shape index (κ1) is 43.6. The van der Waals surface area contributed by atoms with Gasteiger partial charge >= 0.3 is 12.1 Å². The lowest BCUT2D eigenvalue weighted by Gasteiger charge is -2.38. The summed E-state index contributed by atoms with van der Waals surface area (Å²) in [5.41, 5.74) is 6.14. The number of carbonyl (C=O) groups excluding carboxylic acids is 1. The highest BCUT2D eigenvalue weighted by Crippen LogP contribution is 2.51. The van der Waals surface area contributed by atoms with E-state index in [1.54, 1.807) is 14.0 Å². The summed E-state index contributed by atoms with van der Waals surface area (Å²) in [6, 6.07) is -0.751. The van der Waals surface area contributed by atoms with Gasteiger partial charge in [0, 0.05) is 28.0 Å². The molecule has 292 valence electrons. The van der Waals surface area contributed by atoms with Crippen LogP contribution in [0.4, 0.5) is 18.3 Å². The number of thioether (sulfide) groups is 1. The molecule has 18 heteroatoms. The van der Waals surface area contributed by atoms with Crippen molar-refractivity contribution in [3.63, 3.8) is 0 Å². The van der Waals surface area contributed by atoms with E-state index < -0.39 is 42.0 Å². The summed E-state index contributed by atoms with van der Waals surface area (Å²) in [6.45, 7) is 23.6. The maximum atomic E-state index is 13.6. The molecule has 2 aromatic heterocycles. The SMILES string of the molecule is COC(=O)c1c(C)c(OC)c(O[SiH](C)C(C)(C)C(C)C)c(O[SiH](C)C(C)(C)C(C)C)c1CSCC(Nc1nc(C(F)(F)F)cs1)c1nc(CN)no1. The number of benzene rings is 1. The zero-order valence-corrected chi connectivity index (χ0v) is 36.3. The van der Waals surface area contributed by atoms with Crippen LogP contribution in [0.1, 0.15) is 100 Å². The maximum absolute atomic E-state index is 13.6. The second-order valence-corrected chi connectivity index (χ2v) is 22.5. The van der Waals surface area contributed by atoms with E-state index >= 15 is 0 Å². The number of aromatic nitrogens is 3. The molecule has 11 nitrogen and oxygen atoms in total.